The number of nitrogens with zero attached hydrogens (tertiary/aromatic N) is 5. The Bertz CT molecular complexity index is 1050. The maximum atomic E-state index is 12.1. The number of carbonyl (C=O) groups excluding carboxylic acids is 2. The lowest BCUT2D eigenvalue weighted by Crippen LogP contribution is -2.40. The minimum Gasteiger partial charge on any atom is -0.433 e. The van der Waals surface area contributed by atoms with Gasteiger partial charge in [-0.3, -0.25) is 9.69 Å². The van der Waals surface area contributed by atoms with Gasteiger partial charge in [-0.25, -0.2) is 14.5 Å². The highest BCUT2D eigenvalue weighted by Crippen LogP contribution is 2.40. The van der Waals surface area contributed by atoms with Crippen LogP contribution in [0.15, 0.2) is 48.9 Å². The van der Waals surface area contributed by atoms with Crippen molar-refractivity contribution in [2.45, 2.75) is 18.6 Å². The van der Waals surface area contributed by atoms with E-state index in [0.717, 1.165) is 22.4 Å². The van der Waals surface area contributed by atoms with Crippen molar-refractivity contribution >= 4 is 17.7 Å². The van der Waals surface area contributed by atoms with Gasteiger partial charge in [0, 0.05) is 11.8 Å². The van der Waals surface area contributed by atoms with E-state index in [-0.39, 0.29) is 6.04 Å². The second kappa shape index (κ2) is 5.63. The predicted molar refractivity (Wildman–Crippen MR) is 94.0 cm³/mol. The minimum atomic E-state index is -0.919. The van der Waals surface area contributed by atoms with Gasteiger partial charge in [-0.2, -0.15) is 0 Å². The molecule has 0 spiro atoms. The van der Waals surface area contributed by atoms with Crippen molar-refractivity contribution in [1.82, 2.24) is 20.0 Å². The number of fused-ring (bicyclic) bond motifs is 3. The summed E-state index contributed by atoms with van der Waals surface area (Å²) in [7, 11) is 0. The van der Waals surface area contributed by atoms with Crippen LogP contribution in [-0.4, -0.2) is 44.1 Å². The summed E-state index contributed by atoms with van der Waals surface area (Å²) < 4.78 is 6.68. The quantitative estimate of drug-likeness (QED) is 0.745. The zero-order chi connectivity index (χ0) is 18.5. The zero-order valence-electron chi connectivity index (χ0n) is 14.0. The van der Waals surface area contributed by atoms with E-state index < -0.39 is 18.1 Å². The first-order valence-corrected chi connectivity index (χ1v) is 8.37. The van der Waals surface area contributed by atoms with Gasteiger partial charge in [-0.1, -0.05) is 11.3 Å². The number of rotatable bonds is 3. The highest BCUT2D eigenvalue weighted by atomic mass is 16.6. The standard InChI is InChI=1S/C18H14N6O3/c19-17(25)16-14-8-12-7-10(1-3-13(12)24(14)18(26)27-16)11-2-4-15(20-9-11)23-6-5-21-22-23/h1-7,9,14,16H,8H2,(H2,19,25)/t14-,16?/m0/s1. The number of aromatic nitrogens is 4. The molecule has 27 heavy (non-hydrogen) atoms. The van der Waals surface area contributed by atoms with Crippen LogP contribution in [0.5, 0.6) is 0 Å². The Morgan fingerprint density at radius 1 is 1.22 bits per heavy atom. The molecule has 134 valence electrons. The van der Waals surface area contributed by atoms with Crippen LogP contribution in [0.4, 0.5) is 10.5 Å². The van der Waals surface area contributed by atoms with Gasteiger partial charge in [0.25, 0.3) is 5.91 Å². The Kier molecular flexibility index (Phi) is 3.23. The third kappa shape index (κ3) is 2.35. The number of hydrogen-bond donors (Lipinski definition) is 1. The van der Waals surface area contributed by atoms with Crippen LogP contribution in [0.2, 0.25) is 0 Å². The predicted octanol–water partition coefficient (Wildman–Crippen LogP) is 1.06. The lowest BCUT2D eigenvalue weighted by Gasteiger charge is -2.14. The number of nitrogens with two attached hydrogens (primary N) is 1. The topological polar surface area (TPSA) is 116 Å². The van der Waals surface area contributed by atoms with Crippen molar-refractivity contribution in [2.75, 3.05) is 4.90 Å². The molecule has 1 aromatic carbocycles. The first-order chi connectivity index (χ1) is 13.1. The maximum absolute atomic E-state index is 12.1. The van der Waals surface area contributed by atoms with Crippen molar-refractivity contribution in [3.05, 3.63) is 54.5 Å². The summed E-state index contributed by atoms with van der Waals surface area (Å²) in [4.78, 5) is 29.6. The van der Waals surface area contributed by atoms with E-state index in [2.05, 4.69) is 15.3 Å². The van der Waals surface area contributed by atoms with Crippen molar-refractivity contribution < 1.29 is 14.3 Å². The summed E-state index contributed by atoms with van der Waals surface area (Å²) in [5.41, 5.74) is 8.99. The molecule has 3 aromatic rings. The van der Waals surface area contributed by atoms with Gasteiger partial charge in [0.1, 0.15) is 0 Å². The second-order valence-electron chi connectivity index (χ2n) is 6.44. The Hall–Kier alpha value is -3.75. The highest BCUT2D eigenvalue weighted by Gasteiger charge is 2.49. The number of anilines is 1. The molecule has 9 nitrogen and oxygen atoms in total. The smallest absolute Gasteiger partial charge is 0.415 e. The van der Waals surface area contributed by atoms with Gasteiger partial charge in [0.2, 0.25) is 6.10 Å². The molecule has 4 heterocycles. The monoisotopic (exact) mass is 362 g/mol. The fraction of sp³-hybridized carbons (Fsp3) is 0.167. The van der Waals surface area contributed by atoms with Gasteiger partial charge in [-0.05, 0) is 41.8 Å². The molecule has 5 rings (SSSR count). The van der Waals surface area contributed by atoms with Crippen LogP contribution in [0.1, 0.15) is 5.56 Å². The number of pyridine rings is 1. The molecular weight excluding hydrogens is 348 g/mol. The van der Waals surface area contributed by atoms with Crippen LogP contribution >= 0.6 is 0 Å². The Labute approximate surface area is 153 Å². The number of amides is 2. The summed E-state index contributed by atoms with van der Waals surface area (Å²) in [6.07, 6.45) is 4.14. The largest absolute Gasteiger partial charge is 0.433 e. The highest BCUT2D eigenvalue weighted by molar-refractivity contribution is 5.99. The summed E-state index contributed by atoms with van der Waals surface area (Å²) in [5, 5.41) is 7.68. The summed E-state index contributed by atoms with van der Waals surface area (Å²) in [6, 6.07) is 9.20. The first kappa shape index (κ1) is 15.5. The fourth-order valence-corrected chi connectivity index (χ4v) is 3.65. The van der Waals surface area contributed by atoms with E-state index in [1.54, 1.807) is 23.3 Å². The lowest BCUT2D eigenvalue weighted by molar-refractivity contribution is -0.125. The van der Waals surface area contributed by atoms with E-state index in [1.165, 1.54) is 4.90 Å². The molecule has 9 heteroatoms. The number of cyclic esters (lactones) is 1. The summed E-state index contributed by atoms with van der Waals surface area (Å²) in [5.74, 6) is 0.0434. The van der Waals surface area contributed by atoms with Crippen molar-refractivity contribution in [1.29, 1.82) is 0 Å². The minimum absolute atomic E-state index is 0.381. The first-order valence-electron chi connectivity index (χ1n) is 8.37. The molecule has 0 radical (unpaired) electrons. The normalized spacial score (nSPS) is 20.3. The van der Waals surface area contributed by atoms with Gasteiger partial charge in [0.15, 0.2) is 5.82 Å². The molecule has 0 aliphatic carbocycles. The number of benzene rings is 1. The lowest BCUT2D eigenvalue weighted by atomic mass is 10.0. The number of primary amides is 1. The molecule has 2 aromatic heterocycles. The van der Waals surface area contributed by atoms with E-state index >= 15 is 0 Å². The number of ether oxygens (including phenoxy) is 1. The molecule has 1 unspecified atom stereocenters. The van der Waals surface area contributed by atoms with Crippen LogP contribution in [0.25, 0.3) is 16.9 Å². The van der Waals surface area contributed by atoms with Crippen LogP contribution in [0.3, 0.4) is 0 Å². The summed E-state index contributed by atoms with van der Waals surface area (Å²) >= 11 is 0. The van der Waals surface area contributed by atoms with Gasteiger partial charge in [0.05, 0.1) is 24.1 Å². The van der Waals surface area contributed by atoms with Crippen LogP contribution in [0, 0.1) is 0 Å². The summed E-state index contributed by atoms with van der Waals surface area (Å²) in [6.45, 7) is 0. The van der Waals surface area contributed by atoms with Crippen LogP contribution < -0.4 is 10.6 Å². The molecule has 2 aliphatic rings. The molecule has 0 bridgehead atoms. The molecular formula is C18H14N6O3. The van der Waals surface area contributed by atoms with Gasteiger partial charge >= 0.3 is 6.09 Å². The molecule has 0 saturated carbocycles. The zero-order valence-corrected chi connectivity index (χ0v) is 14.0. The van der Waals surface area contributed by atoms with Gasteiger partial charge in [-0.15, -0.1) is 5.10 Å². The third-order valence-corrected chi connectivity index (χ3v) is 4.89. The molecule has 2 N–H and O–H groups in total. The Morgan fingerprint density at radius 2 is 2.07 bits per heavy atom. The number of hydrogen-bond acceptors (Lipinski definition) is 6. The van der Waals surface area contributed by atoms with E-state index in [4.69, 9.17) is 10.5 Å². The second-order valence-corrected chi connectivity index (χ2v) is 6.44. The molecule has 1 fully saturated rings. The molecule has 2 aliphatic heterocycles. The molecule has 2 amide bonds. The average Bonchev–Trinajstić information content (AvgIpc) is 3.38. The van der Waals surface area contributed by atoms with E-state index in [0.29, 0.717) is 12.2 Å². The van der Waals surface area contributed by atoms with Gasteiger partial charge < -0.3 is 10.5 Å². The molecule has 2 atom stereocenters. The molecule has 1 saturated heterocycles. The number of carbonyl (C=O) groups is 2. The van der Waals surface area contributed by atoms with Crippen molar-refractivity contribution in [3.63, 3.8) is 0 Å². The fourth-order valence-electron chi connectivity index (χ4n) is 3.65. The van der Waals surface area contributed by atoms with E-state index in [9.17, 15) is 9.59 Å². The third-order valence-electron chi connectivity index (χ3n) is 4.89. The Balaban J connectivity index is 1.46. The van der Waals surface area contributed by atoms with Crippen molar-refractivity contribution in [3.8, 4) is 16.9 Å². The Morgan fingerprint density at radius 3 is 2.78 bits per heavy atom. The van der Waals surface area contributed by atoms with Crippen molar-refractivity contribution in [2.24, 2.45) is 5.73 Å². The van der Waals surface area contributed by atoms with E-state index in [1.807, 2.05) is 30.3 Å². The van der Waals surface area contributed by atoms with Crippen LogP contribution in [-0.2, 0) is 16.0 Å². The maximum Gasteiger partial charge on any atom is 0.415 e. The SMILES string of the molecule is NC(=O)C1OC(=O)N2c3ccc(-c4ccc(-n5ccnn5)nc4)cc3C[C@@H]12. The average molecular weight is 362 g/mol.